The van der Waals surface area contributed by atoms with Gasteiger partial charge in [-0.3, -0.25) is 4.79 Å². The second-order valence-corrected chi connectivity index (χ2v) is 6.03. The maximum Gasteiger partial charge on any atom is 0.224 e. The van der Waals surface area contributed by atoms with Crippen molar-refractivity contribution < 1.29 is 4.79 Å². The number of amides is 1. The van der Waals surface area contributed by atoms with E-state index in [0.29, 0.717) is 18.5 Å². The zero-order valence-corrected chi connectivity index (χ0v) is 14.6. The van der Waals surface area contributed by atoms with Crippen molar-refractivity contribution in [3.05, 3.63) is 85.2 Å². The Labute approximate surface area is 156 Å². The molecule has 1 N–H and O–H groups in total. The molecule has 0 aliphatic heterocycles. The topological polar surface area (TPSA) is 77.6 Å². The number of nitrogens with zero attached hydrogens (tertiary/aromatic N) is 5. The standard InChI is InChI=1S/C20H18N6O/c27-20(24-18-8-4-5-9-19(18)26-15-21-14-23-26)11-10-16-12-22-25(13-16)17-6-2-1-3-7-17/h1-9,12-15H,10-11H2,(H,24,27). The van der Waals surface area contributed by atoms with Gasteiger partial charge in [-0.1, -0.05) is 30.3 Å². The Morgan fingerprint density at radius 1 is 0.963 bits per heavy atom. The molecular formula is C20H18N6O. The first-order valence-electron chi connectivity index (χ1n) is 8.62. The maximum absolute atomic E-state index is 12.4. The van der Waals surface area contributed by atoms with Gasteiger partial charge in [0.25, 0.3) is 0 Å². The van der Waals surface area contributed by atoms with Crippen molar-refractivity contribution in [2.75, 3.05) is 5.32 Å². The number of carbonyl (C=O) groups excluding carboxylic acids is 1. The molecule has 4 rings (SSSR count). The summed E-state index contributed by atoms with van der Waals surface area (Å²) in [6.07, 6.45) is 7.79. The fraction of sp³-hybridized carbons (Fsp3) is 0.100. The Hall–Kier alpha value is -3.74. The Morgan fingerprint density at radius 2 is 1.78 bits per heavy atom. The lowest BCUT2D eigenvalue weighted by atomic mass is 10.2. The molecule has 2 aromatic carbocycles. The first-order valence-corrected chi connectivity index (χ1v) is 8.62. The minimum Gasteiger partial charge on any atom is -0.324 e. The van der Waals surface area contributed by atoms with Crippen LogP contribution in [0.4, 0.5) is 5.69 Å². The van der Waals surface area contributed by atoms with Crippen LogP contribution in [0.3, 0.4) is 0 Å². The molecule has 0 saturated heterocycles. The number of rotatable bonds is 6. The maximum atomic E-state index is 12.4. The van der Waals surface area contributed by atoms with Gasteiger partial charge in [0, 0.05) is 12.6 Å². The molecule has 0 fully saturated rings. The van der Waals surface area contributed by atoms with Crippen LogP contribution in [0.2, 0.25) is 0 Å². The first kappa shape index (κ1) is 16.7. The highest BCUT2D eigenvalue weighted by Gasteiger charge is 2.10. The van der Waals surface area contributed by atoms with Crippen LogP contribution in [0, 0.1) is 0 Å². The summed E-state index contributed by atoms with van der Waals surface area (Å²) in [6, 6.07) is 17.4. The summed E-state index contributed by atoms with van der Waals surface area (Å²) < 4.78 is 3.44. The SMILES string of the molecule is O=C(CCc1cnn(-c2ccccc2)c1)Nc1ccccc1-n1cncn1. The van der Waals surface area contributed by atoms with Gasteiger partial charge in [0.05, 0.1) is 23.3 Å². The lowest BCUT2D eigenvalue weighted by Crippen LogP contribution is -2.14. The highest BCUT2D eigenvalue weighted by Crippen LogP contribution is 2.19. The molecule has 0 radical (unpaired) electrons. The number of nitrogens with one attached hydrogen (secondary N) is 1. The van der Waals surface area contributed by atoms with Crippen molar-refractivity contribution >= 4 is 11.6 Å². The number of hydrogen-bond donors (Lipinski definition) is 1. The number of aryl methyl sites for hydroxylation is 1. The van der Waals surface area contributed by atoms with Crippen molar-refractivity contribution in [2.45, 2.75) is 12.8 Å². The molecule has 7 heteroatoms. The molecule has 0 saturated carbocycles. The summed E-state index contributed by atoms with van der Waals surface area (Å²) in [6.45, 7) is 0. The predicted octanol–water partition coefficient (Wildman–Crippen LogP) is 3.02. The van der Waals surface area contributed by atoms with Gasteiger partial charge in [-0.05, 0) is 36.2 Å². The molecule has 7 nitrogen and oxygen atoms in total. The van der Waals surface area contributed by atoms with Gasteiger partial charge in [0.15, 0.2) is 0 Å². The van der Waals surface area contributed by atoms with Crippen LogP contribution < -0.4 is 5.32 Å². The Morgan fingerprint density at radius 3 is 2.59 bits per heavy atom. The molecule has 0 aliphatic rings. The van der Waals surface area contributed by atoms with Gasteiger partial charge >= 0.3 is 0 Å². The van der Waals surface area contributed by atoms with E-state index >= 15 is 0 Å². The quantitative estimate of drug-likeness (QED) is 0.575. The minimum atomic E-state index is -0.0602. The van der Waals surface area contributed by atoms with E-state index in [1.807, 2.05) is 65.5 Å². The largest absolute Gasteiger partial charge is 0.324 e. The molecule has 1 amide bonds. The Bertz CT molecular complexity index is 1020. The molecule has 0 spiro atoms. The van der Waals surface area contributed by atoms with E-state index in [-0.39, 0.29) is 5.91 Å². The van der Waals surface area contributed by atoms with E-state index in [1.54, 1.807) is 17.2 Å². The van der Waals surface area contributed by atoms with E-state index in [1.165, 1.54) is 6.33 Å². The third-order valence-electron chi connectivity index (χ3n) is 4.14. The molecule has 134 valence electrons. The average molecular weight is 358 g/mol. The van der Waals surface area contributed by atoms with Crippen LogP contribution in [0.1, 0.15) is 12.0 Å². The van der Waals surface area contributed by atoms with Crippen molar-refractivity contribution in [1.82, 2.24) is 24.5 Å². The summed E-state index contributed by atoms with van der Waals surface area (Å²) in [7, 11) is 0. The second-order valence-electron chi connectivity index (χ2n) is 6.03. The predicted molar refractivity (Wildman–Crippen MR) is 102 cm³/mol. The van der Waals surface area contributed by atoms with Gasteiger partial charge in [0.1, 0.15) is 12.7 Å². The molecule has 2 aromatic heterocycles. The van der Waals surface area contributed by atoms with Crippen LogP contribution in [0.15, 0.2) is 79.6 Å². The van der Waals surface area contributed by atoms with Gasteiger partial charge in [-0.25, -0.2) is 14.3 Å². The molecule has 0 unspecified atom stereocenters. The second kappa shape index (κ2) is 7.65. The van der Waals surface area contributed by atoms with E-state index < -0.39 is 0 Å². The molecule has 27 heavy (non-hydrogen) atoms. The zero-order valence-electron chi connectivity index (χ0n) is 14.6. The number of benzene rings is 2. The molecule has 4 aromatic rings. The van der Waals surface area contributed by atoms with E-state index in [9.17, 15) is 4.79 Å². The first-order chi connectivity index (χ1) is 13.3. The van der Waals surface area contributed by atoms with E-state index in [2.05, 4.69) is 20.5 Å². The van der Waals surface area contributed by atoms with Crippen molar-refractivity contribution in [2.24, 2.45) is 0 Å². The molecule has 0 aliphatic carbocycles. The summed E-state index contributed by atoms with van der Waals surface area (Å²) >= 11 is 0. The molecule has 0 atom stereocenters. The van der Waals surface area contributed by atoms with Gasteiger partial charge < -0.3 is 5.32 Å². The third-order valence-corrected chi connectivity index (χ3v) is 4.14. The lowest BCUT2D eigenvalue weighted by Gasteiger charge is -2.10. The molecule has 0 bridgehead atoms. The fourth-order valence-corrected chi connectivity index (χ4v) is 2.79. The van der Waals surface area contributed by atoms with E-state index in [4.69, 9.17) is 0 Å². The normalized spacial score (nSPS) is 10.7. The van der Waals surface area contributed by atoms with Crippen LogP contribution in [-0.2, 0) is 11.2 Å². The number of anilines is 1. The van der Waals surface area contributed by atoms with Crippen LogP contribution in [0.25, 0.3) is 11.4 Å². The zero-order chi connectivity index (χ0) is 18.5. The number of aromatic nitrogens is 5. The average Bonchev–Trinajstić information content (AvgIpc) is 3.40. The highest BCUT2D eigenvalue weighted by atomic mass is 16.1. The summed E-state index contributed by atoms with van der Waals surface area (Å²) in [4.78, 5) is 16.4. The fourth-order valence-electron chi connectivity index (χ4n) is 2.79. The van der Waals surface area contributed by atoms with Gasteiger partial charge in [-0.15, -0.1) is 0 Å². The van der Waals surface area contributed by atoms with Crippen molar-refractivity contribution in [1.29, 1.82) is 0 Å². The number of hydrogen-bond acceptors (Lipinski definition) is 4. The minimum absolute atomic E-state index is 0.0602. The van der Waals surface area contributed by atoms with Gasteiger partial charge in [-0.2, -0.15) is 10.2 Å². The van der Waals surface area contributed by atoms with Gasteiger partial charge in [0.2, 0.25) is 5.91 Å². The summed E-state index contributed by atoms with van der Waals surface area (Å²) in [5.41, 5.74) is 3.49. The van der Waals surface area contributed by atoms with Crippen LogP contribution in [-0.4, -0.2) is 30.5 Å². The summed E-state index contributed by atoms with van der Waals surface area (Å²) in [5.74, 6) is -0.0602. The number of para-hydroxylation sites is 3. The van der Waals surface area contributed by atoms with Crippen molar-refractivity contribution in [3.8, 4) is 11.4 Å². The van der Waals surface area contributed by atoms with Crippen LogP contribution in [0.5, 0.6) is 0 Å². The molecular weight excluding hydrogens is 340 g/mol. The monoisotopic (exact) mass is 358 g/mol. The van der Waals surface area contributed by atoms with Crippen molar-refractivity contribution in [3.63, 3.8) is 0 Å². The third kappa shape index (κ3) is 3.92. The van der Waals surface area contributed by atoms with Crippen LogP contribution >= 0.6 is 0 Å². The Balaban J connectivity index is 1.39. The Kier molecular flexibility index (Phi) is 4.74. The summed E-state index contributed by atoms with van der Waals surface area (Å²) in [5, 5.41) is 11.4. The molecule has 2 heterocycles. The smallest absolute Gasteiger partial charge is 0.224 e. The number of carbonyl (C=O) groups is 1. The highest BCUT2D eigenvalue weighted by molar-refractivity contribution is 5.92. The lowest BCUT2D eigenvalue weighted by molar-refractivity contribution is -0.116. The van der Waals surface area contributed by atoms with E-state index in [0.717, 1.165) is 16.9 Å².